The molecule has 1 aromatic carbocycles. The van der Waals surface area contributed by atoms with Crippen molar-refractivity contribution in [1.82, 2.24) is 9.13 Å². The lowest BCUT2D eigenvalue weighted by Crippen LogP contribution is -2.41. The van der Waals surface area contributed by atoms with Gasteiger partial charge in [0.05, 0.1) is 17.3 Å². The van der Waals surface area contributed by atoms with Gasteiger partial charge >= 0.3 is 23.8 Å². The van der Waals surface area contributed by atoms with Gasteiger partial charge in [-0.05, 0) is 37.3 Å². The third kappa shape index (κ3) is 6.69. The van der Waals surface area contributed by atoms with E-state index in [2.05, 4.69) is 0 Å². The molecule has 2 atom stereocenters. The van der Waals surface area contributed by atoms with Crippen molar-refractivity contribution < 1.29 is 37.0 Å². The second-order valence-corrected chi connectivity index (χ2v) is 9.89. The van der Waals surface area contributed by atoms with E-state index in [4.69, 9.17) is 21.4 Å². The van der Waals surface area contributed by atoms with Gasteiger partial charge in [-0.25, -0.2) is 13.8 Å². The van der Waals surface area contributed by atoms with Gasteiger partial charge in [-0.15, -0.1) is 11.8 Å². The zero-order valence-corrected chi connectivity index (χ0v) is 20.4. The molecule has 196 valence electrons. The molecule has 1 N–H and O–H groups in total. The smallest absolute Gasteiger partial charge is 0.431 e. The third-order valence-corrected chi connectivity index (χ3v) is 7.36. The fraction of sp³-hybridized carbons (Fsp3) is 0.455. The van der Waals surface area contributed by atoms with E-state index >= 15 is 0 Å². The van der Waals surface area contributed by atoms with Crippen LogP contribution in [0.1, 0.15) is 37.8 Å². The highest BCUT2D eigenvalue weighted by molar-refractivity contribution is 8.00. The summed E-state index contributed by atoms with van der Waals surface area (Å²) in [5.74, 6) is -2.50. The molecule has 1 aliphatic carbocycles. The molecule has 2 unspecified atom stereocenters. The molecule has 1 aliphatic rings. The van der Waals surface area contributed by atoms with Crippen LogP contribution in [0.15, 0.2) is 32.7 Å². The molecule has 8 nitrogen and oxygen atoms in total. The minimum Gasteiger partial charge on any atom is -0.481 e. The summed E-state index contributed by atoms with van der Waals surface area (Å²) in [4.78, 5) is 47.6. The largest absolute Gasteiger partial charge is 0.481 e. The maximum atomic E-state index is 14.6. The van der Waals surface area contributed by atoms with Gasteiger partial charge in [0.2, 0.25) is 0 Å². The zero-order valence-electron chi connectivity index (χ0n) is 18.8. The number of rotatable bonds is 10. The van der Waals surface area contributed by atoms with Gasteiger partial charge in [0.1, 0.15) is 11.5 Å². The number of aliphatic carboxylic acids is 1. The number of carboxylic acids is 1. The van der Waals surface area contributed by atoms with E-state index < -0.39 is 46.6 Å². The van der Waals surface area contributed by atoms with Gasteiger partial charge < -0.3 is 9.84 Å². The van der Waals surface area contributed by atoms with Crippen LogP contribution in [0.2, 0.25) is 5.02 Å². The van der Waals surface area contributed by atoms with Crippen molar-refractivity contribution >= 4 is 35.3 Å². The molecular weight excluding hydrogens is 532 g/mol. The Morgan fingerprint density at radius 2 is 1.92 bits per heavy atom. The third-order valence-electron chi connectivity index (χ3n) is 5.47. The lowest BCUT2D eigenvalue weighted by Gasteiger charge is -2.15. The summed E-state index contributed by atoms with van der Waals surface area (Å²) in [6, 6.07) is 2.20. The van der Waals surface area contributed by atoms with Gasteiger partial charge in [-0.1, -0.05) is 11.6 Å². The van der Waals surface area contributed by atoms with E-state index in [1.807, 2.05) is 0 Å². The quantitative estimate of drug-likeness (QED) is 0.269. The summed E-state index contributed by atoms with van der Waals surface area (Å²) in [5.41, 5.74) is -4.73. The average molecular weight is 553 g/mol. The Bertz CT molecular complexity index is 1290. The highest BCUT2D eigenvalue weighted by Crippen LogP contribution is 2.49. The number of carboxylic acid groups (broad SMARTS) is 1. The lowest BCUT2D eigenvalue weighted by molar-refractivity contribution is -0.145. The number of hydrogen-bond acceptors (Lipinski definition) is 6. The lowest BCUT2D eigenvalue weighted by atomic mass is 10.2. The highest BCUT2D eigenvalue weighted by atomic mass is 35.5. The molecule has 36 heavy (non-hydrogen) atoms. The number of nitrogens with zero attached hydrogens (tertiary/aromatic N) is 2. The predicted octanol–water partition coefficient (Wildman–Crippen LogP) is 4.02. The number of carbonyl (C=O) groups excluding carboxylic acids is 1. The molecule has 1 saturated carbocycles. The Hall–Kier alpha value is -2.80. The van der Waals surface area contributed by atoms with Crippen LogP contribution in [0.5, 0.6) is 0 Å². The van der Waals surface area contributed by atoms with Crippen molar-refractivity contribution in [3.8, 4) is 5.69 Å². The van der Waals surface area contributed by atoms with E-state index in [0.29, 0.717) is 23.8 Å². The molecule has 0 radical (unpaired) electrons. The number of esters is 1. The van der Waals surface area contributed by atoms with Crippen LogP contribution in [0.25, 0.3) is 5.69 Å². The van der Waals surface area contributed by atoms with E-state index in [1.54, 1.807) is 0 Å². The Morgan fingerprint density at radius 1 is 1.22 bits per heavy atom. The molecule has 0 amide bonds. The molecule has 0 aliphatic heterocycles. The Balaban J connectivity index is 1.71. The monoisotopic (exact) mass is 552 g/mol. The van der Waals surface area contributed by atoms with Crippen molar-refractivity contribution in [1.29, 1.82) is 0 Å². The predicted molar refractivity (Wildman–Crippen MR) is 122 cm³/mol. The second-order valence-electron chi connectivity index (χ2n) is 8.20. The van der Waals surface area contributed by atoms with E-state index in [-0.39, 0.29) is 51.2 Å². The topological polar surface area (TPSA) is 108 Å². The molecule has 0 spiro atoms. The molecule has 14 heteroatoms. The number of aromatic nitrogens is 2. The van der Waals surface area contributed by atoms with Crippen LogP contribution in [-0.2, 0) is 27.5 Å². The van der Waals surface area contributed by atoms with Crippen molar-refractivity contribution in [2.45, 2.75) is 48.4 Å². The number of thioether (sulfide) groups is 1. The fourth-order valence-electron chi connectivity index (χ4n) is 3.48. The molecule has 1 heterocycles. The average Bonchev–Trinajstić information content (AvgIpc) is 3.49. The summed E-state index contributed by atoms with van der Waals surface area (Å²) in [7, 11) is 0.824. The number of ether oxygens (including phenoxy) is 1. The van der Waals surface area contributed by atoms with E-state index in [1.165, 1.54) is 11.8 Å². The Kier molecular flexibility index (Phi) is 8.55. The molecule has 3 rings (SSSR count). The van der Waals surface area contributed by atoms with Gasteiger partial charge in [0.25, 0.3) is 5.56 Å². The van der Waals surface area contributed by atoms with Crippen molar-refractivity contribution in [3.05, 3.63) is 55.6 Å². The SMILES string of the molecule is Cn1c(C(F)(F)F)cc(=O)n(-c2cc(SC3CC3CC(=O)OCCCCC(=O)O)c(Cl)cc2F)c1=O. The van der Waals surface area contributed by atoms with Gasteiger partial charge in [-0.2, -0.15) is 13.2 Å². The van der Waals surface area contributed by atoms with Crippen LogP contribution in [0.3, 0.4) is 0 Å². The van der Waals surface area contributed by atoms with Gasteiger partial charge in [-0.3, -0.25) is 19.0 Å². The number of carbonyl (C=O) groups is 2. The van der Waals surface area contributed by atoms with Crippen LogP contribution >= 0.6 is 23.4 Å². The number of unbranched alkanes of at least 4 members (excludes halogenated alkanes) is 1. The maximum absolute atomic E-state index is 14.6. The minimum absolute atomic E-state index is 0.00992. The Morgan fingerprint density at radius 3 is 2.56 bits per heavy atom. The summed E-state index contributed by atoms with van der Waals surface area (Å²) in [6.45, 7) is 0.112. The first-order valence-electron chi connectivity index (χ1n) is 10.7. The maximum Gasteiger partial charge on any atom is 0.431 e. The number of hydrogen-bond donors (Lipinski definition) is 1. The van der Waals surface area contributed by atoms with Gasteiger partial charge in [0.15, 0.2) is 0 Å². The molecule has 0 bridgehead atoms. The summed E-state index contributed by atoms with van der Waals surface area (Å²) in [5, 5.41) is 8.47. The van der Waals surface area contributed by atoms with Gasteiger partial charge in [0, 0.05) is 36.1 Å². The van der Waals surface area contributed by atoms with Crippen LogP contribution < -0.4 is 11.2 Å². The number of alkyl halides is 3. The van der Waals surface area contributed by atoms with E-state index in [9.17, 15) is 36.7 Å². The number of benzene rings is 1. The molecule has 1 aromatic heterocycles. The minimum atomic E-state index is -4.95. The first-order chi connectivity index (χ1) is 16.8. The van der Waals surface area contributed by atoms with Crippen molar-refractivity contribution in [2.24, 2.45) is 13.0 Å². The summed E-state index contributed by atoms with van der Waals surface area (Å²) in [6.07, 6.45) is -3.42. The molecule has 1 fully saturated rings. The summed E-state index contributed by atoms with van der Waals surface area (Å²) >= 11 is 7.30. The van der Waals surface area contributed by atoms with Crippen LogP contribution in [-0.4, -0.2) is 38.0 Å². The molecule has 0 saturated heterocycles. The van der Waals surface area contributed by atoms with Crippen LogP contribution in [0, 0.1) is 11.7 Å². The standard InChI is InChI=1S/C22H21ClF4N2O6S/c1-28-17(22(25,26)27)10-18(30)29(21(28)34)14-9-16(12(23)8-13(14)24)36-15-6-11(15)7-20(33)35-5-3-2-4-19(31)32/h8-11,15H,2-7H2,1H3,(H,31,32). The van der Waals surface area contributed by atoms with Crippen LogP contribution in [0.4, 0.5) is 17.6 Å². The Labute approximate surface area is 210 Å². The van der Waals surface area contributed by atoms with Crippen molar-refractivity contribution in [2.75, 3.05) is 6.61 Å². The zero-order chi connectivity index (χ0) is 26.8. The second kappa shape index (κ2) is 11.1. The highest BCUT2D eigenvalue weighted by Gasteiger charge is 2.40. The molecule has 2 aromatic rings. The number of halogens is 5. The van der Waals surface area contributed by atoms with E-state index in [0.717, 1.165) is 19.2 Å². The summed E-state index contributed by atoms with van der Waals surface area (Å²) < 4.78 is 59.5. The first kappa shape index (κ1) is 27.8. The fourth-order valence-corrected chi connectivity index (χ4v) is 5.07. The normalized spacial score (nSPS) is 17.2. The van der Waals surface area contributed by atoms with Crippen molar-refractivity contribution in [3.63, 3.8) is 0 Å². The molecular formula is C22H21ClF4N2O6S. The first-order valence-corrected chi connectivity index (χ1v) is 12.0.